The van der Waals surface area contributed by atoms with E-state index in [1.54, 1.807) is 18.2 Å². The van der Waals surface area contributed by atoms with Gasteiger partial charge in [0.25, 0.3) is 0 Å². The number of benzene rings is 2. The van der Waals surface area contributed by atoms with Gasteiger partial charge in [-0.15, -0.1) is 0 Å². The molecule has 0 spiro atoms. The van der Waals surface area contributed by atoms with Crippen molar-refractivity contribution in [2.75, 3.05) is 10.0 Å². The number of aryl methyl sites for hydroxylation is 1. The van der Waals surface area contributed by atoms with E-state index in [1.165, 1.54) is 16.1 Å². The van der Waals surface area contributed by atoms with Gasteiger partial charge in [0.05, 0.1) is 5.69 Å². The molecule has 1 saturated carbocycles. The Kier molecular flexibility index (Phi) is 6.06. The summed E-state index contributed by atoms with van der Waals surface area (Å²) in [6.07, 6.45) is 4.82. The number of anilines is 2. The van der Waals surface area contributed by atoms with Gasteiger partial charge in [-0.3, -0.25) is 4.79 Å². The van der Waals surface area contributed by atoms with Crippen LogP contribution in [0.3, 0.4) is 0 Å². The monoisotopic (exact) mass is 385 g/mol. The van der Waals surface area contributed by atoms with Crippen LogP contribution in [-0.4, -0.2) is 11.0 Å². The molecule has 0 atom stereocenters. The van der Waals surface area contributed by atoms with Crippen LogP contribution in [0.5, 0.6) is 0 Å². The number of carbonyl (C=O) groups excluding carboxylic acids is 1. The molecule has 1 aliphatic carbocycles. The van der Waals surface area contributed by atoms with Crippen molar-refractivity contribution in [1.82, 2.24) is 0 Å². The van der Waals surface area contributed by atoms with Crippen molar-refractivity contribution in [2.24, 2.45) is 11.7 Å². The highest BCUT2D eigenvalue weighted by molar-refractivity contribution is 7.80. The van der Waals surface area contributed by atoms with Gasteiger partial charge >= 0.3 is 0 Å². The average molecular weight is 386 g/mol. The Hall–Kier alpha value is -2.47. The Labute approximate surface area is 164 Å². The highest BCUT2D eigenvalue weighted by Gasteiger charge is 2.34. The first-order valence-electron chi connectivity index (χ1n) is 9.24. The first-order valence-corrected chi connectivity index (χ1v) is 9.65. The minimum absolute atomic E-state index is 0.0764. The zero-order chi connectivity index (χ0) is 19.4. The molecular weight excluding hydrogens is 361 g/mol. The molecule has 3 rings (SSSR count). The number of hydrogen-bond acceptors (Lipinski definition) is 2. The second-order valence-electron chi connectivity index (χ2n) is 6.87. The summed E-state index contributed by atoms with van der Waals surface area (Å²) in [7, 11) is 0. The van der Waals surface area contributed by atoms with Gasteiger partial charge in [0.1, 0.15) is 11.5 Å². The van der Waals surface area contributed by atoms with Gasteiger partial charge in [-0.1, -0.05) is 49.6 Å². The Bertz CT molecular complexity index is 836. The van der Waals surface area contributed by atoms with E-state index in [-0.39, 0.29) is 22.6 Å². The molecule has 4 nitrogen and oxygen atoms in total. The minimum atomic E-state index is -0.486. The lowest BCUT2D eigenvalue weighted by molar-refractivity contribution is -0.123. The van der Waals surface area contributed by atoms with E-state index in [2.05, 4.69) is 0 Å². The van der Waals surface area contributed by atoms with Gasteiger partial charge in [-0.2, -0.15) is 0 Å². The van der Waals surface area contributed by atoms with Crippen LogP contribution in [0.2, 0.25) is 0 Å². The van der Waals surface area contributed by atoms with E-state index < -0.39 is 5.82 Å². The fourth-order valence-corrected chi connectivity index (χ4v) is 3.78. The first-order chi connectivity index (χ1) is 13.0. The van der Waals surface area contributed by atoms with E-state index in [0.717, 1.165) is 37.7 Å². The molecule has 0 unspecified atom stereocenters. The van der Waals surface area contributed by atoms with Crippen LogP contribution < -0.4 is 15.8 Å². The second-order valence-corrected chi connectivity index (χ2v) is 7.29. The molecule has 1 fully saturated rings. The van der Waals surface area contributed by atoms with Crippen LogP contribution in [0.1, 0.15) is 37.7 Å². The third-order valence-electron chi connectivity index (χ3n) is 5.00. The zero-order valence-corrected chi connectivity index (χ0v) is 16.2. The summed E-state index contributed by atoms with van der Waals surface area (Å²) in [5, 5.41) is 2.71. The first kappa shape index (κ1) is 19.3. The molecular formula is C21H24FN3OS. The lowest BCUT2D eigenvalue weighted by Gasteiger charge is -2.38. The third kappa shape index (κ3) is 4.11. The number of nitrogens with zero attached hydrogens (tertiary/aromatic N) is 2. The SMILES string of the molecule is Cc1ccccc1N(C(=O)C1CCCCC1)N(C(N)=S)c1ccccc1F. The zero-order valence-electron chi connectivity index (χ0n) is 15.4. The highest BCUT2D eigenvalue weighted by atomic mass is 32.1. The summed E-state index contributed by atoms with van der Waals surface area (Å²) in [6, 6.07) is 13.7. The number of halogens is 1. The smallest absolute Gasteiger partial charge is 0.249 e. The molecule has 6 heteroatoms. The van der Waals surface area contributed by atoms with Crippen LogP contribution in [0.4, 0.5) is 15.8 Å². The largest absolute Gasteiger partial charge is 0.374 e. The van der Waals surface area contributed by atoms with Gasteiger partial charge in [0.2, 0.25) is 5.91 Å². The Morgan fingerprint density at radius 1 is 1.00 bits per heavy atom. The molecule has 0 bridgehead atoms. The molecule has 0 radical (unpaired) electrons. The quantitative estimate of drug-likeness (QED) is 0.614. The highest BCUT2D eigenvalue weighted by Crippen LogP contribution is 2.32. The summed E-state index contributed by atoms with van der Waals surface area (Å²) >= 11 is 5.24. The third-order valence-corrected chi connectivity index (χ3v) is 5.17. The number of thiocarbonyl (C=S) groups is 1. The number of hydrogen-bond donors (Lipinski definition) is 1. The molecule has 0 aliphatic heterocycles. The molecule has 2 aromatic rings. The topological polar surface area (TPSA) is 49.6 Å². The lowest BCUT2D eigenvalue weighted by atomic mass is 9.88. The average Bonchev–Trinajstić information content (AvgIpc) is 2.68. The molecule has 142 valence electrons. The Balaban J connectivity index is 2.12. The summed E-state index contributed by atoms with van der Waals surface area (Å²) in [5.41, 5.74) is 7.70. The van der Waals surface area contributed by atoms with Crippen molar-refractivity contribution >= 4 is 34.6 Å². The van der Waals surface area contributed by atoms with Gasteiger partial charge < -0.3 is 5.73 Å². The van der Waals surface area contributed by atoms with Gasteiger partial charge in [-0.25, -0.2) is 14.4 Å². The van der Waals surface area contributed by atoms with Crippen molar-refractivity contribution in [3.05, 3.63) is 59.9 Å². The van der Waals surface area contributed by atoms with Crippen LogP contribution in [-0.2, 0) is 4.79 Å². The number of amides is 1. The van der Waals surface area contributed by atoms with Crippen LogP contribution in [0.15, 0.2) is 48.5 Å². The van der Waals surface area contributed by atoms with Crippen LogP contribution in [0, 0.1) is 18.7 Å². The molecule has 0 heterocycles. The summed E-state index contributed by atoms with van der Waals surface area (Å²) in [6.45, 7) is 1.91. The van der Waals surface area contributed by atoms with Crippen molar-refractivity contribution in [3.8, 4) is 0 Å². The van der Waals surface area contributed by atoms with Gasteiger partial charge in [0, 0.05) is 5.92 Å². The molecule has 2 aromatic carbocycles. The van der Waals surface area contributed by atoms with Crippen molar-refractivity contribution < 1.29 is 9.18 Å². The van der Waals surface area contributed by atoms with Gasteiger partial charge in [0.15, 0.2) is 5.11 Å². The van der Waals surface area contributed by atoms with Crippen molar-refractivity contribution in [1.29, 1.82) is 0 Å². The van der Waals surface area contributed by atoms with E-state index in [4.69, 9.17) is 18.0 Å². The van der Waals surface area contributed by atoms with Crippen LogP contribution in [0.25, 0.3) is 0 Å². The number of rotatable bonds is 3. The van der Waals surface area contributed by atoms with E-state index in [1.807, 2.05) is 31.2 Å². The van der Waals surface area contributed by atoms with Crippen molar-refractivity contribution in [2.45, 2.75) is 39.0 Å². The molecule has 1 aliphatic rings. The number of carbonyl (C=O) groups is 1. The maximum absolute atomic E-state index is 14.6. The fraction of sp³-hybridized carbons (Fsp3) is 0.333. The maximum Gasteiger partial charge on any atom is 0.249 e. The fourth-order valence-electron chi connectivity index (χ4n) is 3.60. The predicted octanol–water partition coefficient (Wildman–Crippen LogP) is 4.71. The Morgan fingerprint density at radius 2 is 1.59 bits per heavy atom. The van der Waals surface area contributed by atoms with Crippen LogP contribution >= 0.6 is 12.2 Å². The van der Waals surface area contributed by atoms with E-state index in [0.29, 0.717) is 5.69 Å². The van der Waals surface area contributed by atoms with E-state index in [9.17, 15) is 9.18 Å². The molecule has 27 heavy (non-hydrogen) atoms. The molecule has 1 amide bonds. The lowest BCUT2D eigenvalue weighted by Crippen LogP contribution is -2.55. The summed E-state index contributed by atoms with van der Waals surface area (Å²) < 4.78 is 14.6. The molecule has 2 N–H and O–H groups in total. The summed E-state index contributed by atoms with van der Waals surface area (Å²) in [5.74, 6) is -0.706. The Morgan fingerprint density at radius 3 is 2.19 bits per heavy atom. The number of nitrogens with two attached hydrogens (primary N) is 1. The molecule has 0 aromatic heterocycles. The normalized spacial score (nSPS) is 14.6. The maximum atomic E-state index is 14.6. The summed E-state index contributed by atoms with van der Waals surface area (Å²) in [4.78, 5) is 13.5. The van der Waals surface area contributed by atoms with Crippen molar-refractivity contribution in [3.63, 3.8) is 0 Å². The number of hydrazine groups is 1. The standard InChI is InChI=1S/C21H24FN3OS/c1-15-9-5-7-13-18(15)24(20(26)16-10-3-2-4-11-16)25(21(23)27)19-14-8-6-12-17(19)22/h5-9,12-14,16H,2-4,10-11H2,1H3,(H2,23,27). The van der Waals surface area contributed by atoms with Gasteiger partial charge in [-0.05, 0) is 55.7 Å². The second kappa shape index (κ2) is 8.48. The number of para-hydroxylation sites is 2. The minimum Gasteiger partial charge on any atom is -0.374 e. The van der Waals surface area contributed by atoms with E-state index >= 15 is 0 Å². The predicted molar refractivity (Wildman–Crippen MR) is 111 cm³/mol. The molecule has 0 saturated heterocycles.